The van der Waals surface area contributed by atoms with Crippen molar-refractivity contribution in [3.63, 3.8) is 0 Å². The van der Waals surface area contributed by atoms with Crippen LogP contribution in [0.2, 0.25) is 0 Å². The second-order valence-corrected chi connectivity index (χ2v) is 4.61. The monoisotopic (exact) mass is 251 g/mol. The summed E-state index contributed by atoms with van der Waals surface area (Å²) in [6, 6.07) is 7.11. The number of ether oxygens (including phenoxy) is 1. The van der Waals surface area contributed by atoms with E-state index in [0.717, 1.165) is 17.0 Å². The van der Waals surface area contributed by atoms with Crippen LogP contribution >= 0.6 is 11.3 Å². The highest BCUT2D eigenvalue weighted by atomic mass is 32.1. The van der Waals surface area contributed by atoms with Gasteiger partial charge in [0.05, 0.1) is 7.11 Å². The van der Waals surface area contributed by atoms with Crippen molar-refractivity contribution in [1.82, 2.24) is 5.32 Å². The number of benzene rings is 1. The third kappa shape index (κ3) is 2.65. The van der Waals surface area contributed by atoms with Crippen molar-refractivity contribution in [1.29, 1.82) is 0 Å². The molecule has 0 radical (unpaired) electrons. The zero-order valence-electron chi connectivity index (χ0n) is 9.79. The van der Waals surface area contributed by atoms with Gasteiger partial charge in [-0.2, -0.15) is 0 Å². The number of halogens is 1. The molecule has 0 aliphatic rings. The Labute approximate surface area is 104 Å². The number of thiophene rings is 1. The van der Waals surface area contributed by atoms with Crippen LogP contribution in [0.3, 0.4) is 0 Å². The van der Waals surface area contributed by atoms with Crippen molar-refractivity contribution >= 4 is 11.3 Å². The van der Waals surface area contributed by atoms with E-state index in [2.05, 4.69) is 16.8 Å². The Morgan fingerprint density at radius 3 is 2.82 bits per heavy atom. The molecule has 0 bridgehead atoms. The first-order valence-corrected chi connectivity index (χ1v) is 6.18. The van der Waals surface area contributed by atoms with E-state index in [1.54, 1.807) is 17.4 Å². The smallest absolute Gasteiger partial charge is 0.165 e. The number of nitrogens with one attached hydrogen (secondary N) is 1. The fourth-order valence-electron chi connectivity index (χ4n) is 1.64. The van der Waals surface area contributed by atoms with Crippen LogP contribution in [0.1, 0.15) is 5.56 Å². The van der Waals surface area contributed by atoms with Crippen molar-refractivity contribution in [2.75, 3.05) is 14.2 Å². The van der Waals surface area contributed by atoms with Gasteiger partial charge in [0.2, 0.25) is 0 Å². The first kappa shape index (κ1) is 12.1. The van der Waals surface area contributed by atoms with Gasteiger partial charge in [-0.15, -0.1) is 11.3 Å². The fourth-order valence-corrected chi connectivity index (χ4v) is 2.56. The lowest BCUT2D eigenvalue weighted by Gasteiger charge is -2.03. The molecule has 0 aliphatic heterocycles. The molecule has 1 aromatic heterocycles. The quantitative estimate of drug-likeness (QED) is 0.900. The molecular formula is C13H14FNOS. The highest BCUT2D eigenvalue weighted by molar-refractivity contribution is 7.13. The molecule has 1 heterocycles. The summed E-state index contributed by atoms with van der Waals surface area (Å²) in [5, 5.41) is 5.17. The lowest BCUT2D eigenvalue weighted by molar-refractivity contribution is 0.386. The first-order chi connectivity index (χ1) is 8.24. The van der Waals surface area contributed by atoms with Crippen LogP contribution in [-0.4, -0.2) is 14.2 Å². The van der Waals surface area contributed by atoms with E-state index in [0.29, 0.717) is 0 Å². The van der Waals surface area contributed by atoms with Crippen LogP contribution < -0.4 is 10.1 Å². The van der Waals surface area contributed by atoms with Crippen molar-refractivity contribution in [2.45, 2.75) is 6.54 Å². The van der Waals surface area contributed by atoms with Crippen LogP contribution in [0.5, 0.6) is 5.75 Å². The molecule has 0 aliphatic carbocycles. The van der Waals surface area contributed by atoms with Gasteiger partial charge in [-0.3, -0.25) is 0 Å². The molecule has 17 heavy (non-hydrogen) atoms. The largest absolute Gasteiger partial charge is 0.494 e. The van der Waals surface area contributed by atoms with E-state index >= 15 is 0 Å². The first-order valence-electron chi connectivity index (χ1n) is 5.30. The van der Waals surface area contributed by atoms with Crippen molar-refractivity contribution < 1.29 is 9.13 Å². The van der Waals surface area contributed by atoms with E-state index < -0.39 is 0 Å². The number of rotatable bonds is 4. The maximum atomic E-state index is 13.6. The fraction of sp³-hybridized carbons (Fsp3) is 0.231. The minimum absolute atomic E-state index is 0.278. The molecule has 1 N–H and O–H groups in total. The van der Waals surface area contributed by atoms with Gasteiger partial charge in [0.15, 0.2) is 11.6 Å². The van der Waals surface area contributed by atoms with Gasteiger partial charge in [-0.25, -0.2) is 4.39 Å². The number of methoxy groups -OCH3 is 1. The van der Waals surface area contributed by atoms with E-state index in [9.17, 15) is 4.39 Å². The molecule has 1 aromatic carbocycles. The van der Waals surface area contributed by atoms with Gasteiger partial charge in [-0.1, -0.05) is 0 Å². The van der Waals surface area contributed by atoms with Crippen LogP contribution in [0.4, 0.5) is 4.39 Å². The normalized spacial score (nSPS) is 10.5. The van der Waals surface area contributed by atoms with Gasteiger partial charge < -0.3 is 10.1 Å². The van der Waals surface area contributed by atoms with E-state index in [1.165, 1.54) is 18.7 Å². The molecule has 4 heteroatoms. The zero-order chi connectivity index (χ0) is 12.3. The van der Waals surface area contributed by atoms with Gasteiger partial charge >= 0.3 is 0 Å². The minimum atomic E-state index is -0.325. The average molecular weight is 251 g/mol. The van der Waals surface area contributed by atoms with Crippen LogP contribution in [0, 0.1) is 5.82 Å². The Morgan fingerprint density at radius 1 is 1.35 bits per heavy atom. The van der Waals surface area contributed by atoms with Gasteiger partial charge in [0.1, 0.15) is 0 Å². The Balaban J connectivity index is 2.29. The lowest BCUT2D eigenvalue weighted by atomic mass is 10.1. The van der Waals surface area contributed by atoms with Gasteiger partial charge in [0, 0.05) is 11.4 Å². The van der Waals surface area contributed by atoms with Crippen molar-refractivity contribution in [3.8, 4) is 16.2 Å². The molecule has 0 spiro atoms. The summed E-state index contributed by atoms with van der Waals surface area (Å²) in [5.74, 6) is -0.0469. The Hall–Kier alpha value is -1.39. The average Bonchev–Trinajstić information content (AvgIpc) is 2.78. The SMILES string of the molecule is CNCc1csc(-c2ccc(OC)c(F)c2)c1. The minimum Gasteiger partial charge on any atom is -0.494 e. The molecular weight excluding hydrogens is 237 g/mol. The Kier molecular flexibility index (Phi) is 3.76. The molecule has 2 aromatic rings. The van der Waals surface area contributed by atoms with E-state index in [4.69, 9.17) is 4.74 Å². The van der Waals surface area contributed by atoms with Crippen LogP contribution in [0.25, 0.3) is 10.4 Å². The molecule has 90 valence electrons. The zero-order valence-corrected chi connectivity index (χ0v) is 10.6. The third-order valence-electron chi connectivity index (χ3n) is 2.47. The molecule has 0 atom stereocenters. The molecule has 2 rings (SSSR count). The van der Waals surface area contributed by atoms with Gasteiger partial charge in [-0.05, 0) is 47.8 Å². The summed E-state index contributed by atoms with van der Waals surface area (Å²) in [4.78, 5) is 1.07. The summed E-state index contributed by atoms with van der Waals surface area (Å²) in [6.07, 6.45) is 0. The highest BCUT2D eigenvalue weighted by Crippen LogP contribution is 2.30. The Bertz CT molecular complexity index is 510. The topological polar surface area (TPSA) is 21.3 Å². The standard InChI is InChI=1S/C13H14FNOS/c1-15-7-9-5-13(17-8-9)10-3-4-12(16-2)11(14)6-10/h3-6,8,15H,7H2,1-2H3. The number of hydrogen-bond donors (Lipinski definition) is 1. The molecule has 0 amide bonds. The Morgan fingerprint density at radius 2 is 2.18 bits per heavy atom. The summed E-state index contributed by atoms with van der Waals surface area (Å²) >= 11 is 1.62. The molecule has 0 unspecified atom stereocenters. The summed E-state index contributed by atoms with van der Waals surface area (Å²) in [7, 11) is 3.37. The molecule has 0 fully saturated rings. The van der Waals surface area contributed by atoms with E-state index in [1.807, 2.05) is 13.1 Å². The van der Waals surface area contributed by atoms with E-state index in [-0.39, 0.29) is 11.6 Å². The van der Waals surface area contributed by atoms with Crippen LogP contribution in [-0.2, 0) is 6.54 Å². The van der Waals surface area contributed by atoms with Crippen molar-refractivity contribution in [3.05, 3.63) is 41.0 Å². The summed E-state index contributed by atoms with van der Waals surface area (Å²) < 4.78 is 18.5. The third-order valence-corrected chi connectivity index (χ3v) is 3.50. The lowest BCUT2D eigenvalue weighted by Crippen LogP contribution is -2.03. The predicted octanol–water partition coefficient (Wildman–Crippen LogP) is 3.28. The van der Waals surface area contributed by atoms with Crippen molar-refractivity contribution in [2.24, 2.45) is 0 Å². The summed E-state index contributed by atoms with van der Waals surface area (Å²) in [5.41, 5.74) is 2.10. The second kappa shape index (κ2) is 5.29. The highest BCUT2D eigenvalue weighted by Gasteiger charge is 2.07. The summed E-state index contributed by atoms with van der Waals surface area (Å²) in [6.45, 7) is 0.829. The maximum Gasteiger partial charge on any atom is 0.165 e. The molecule has 0 saturated heterocycles. The second-order valence-electron chi connectivity index (χ2n) is 3.70. The predicted molar refractivity (Wildman–Crippen MR) is 69.0 cm³/mol. The molecule has 0 saturated carbocycles. The molecule has 2 nitrogen and oxygen atoms in total. The maximum absolute atomic E-state index is 13.6. The van der Waals surface area contributed by atoms with Crippen LogP contribution in [0.15, 0.2) is 29.6 Å². The van der Waals surface area contributed by atoms with Gasteiger partial charge in [0.25, 0.3) is 0 Å². The number of hydrogen-bond acceptors (Lipinski definition) is 3.